The van der Waals surface area contributed by atoms with Crippen molar-refractivity contribution in [1.29, 1.82) is 0 Å². The van der Waals surface area contributed by atoms with Gasteiger partial charge in [0.2, 0.25) is 35.4 Å². The Morgan fingerprint density at radius 1 is 0.739 bits per heavy atom. The third-order valence-electron chi connectivity index (χ3n) is 13.0. The molecule has 3 heterocycles. The summed E-state index contributed by atoms with van der Waals surface area (Å²) in [6, 6.07) is 11.4. The average Bonchev–Trinajstić information content (AvgIpc) is 3.90. The molecule has 2 aliphatic rings. The molecule has 0 spiro atoms. The van der Waals surface area contributed by atoms with Crippen LogP contribution in [0.4, 0.5) is 9.59 Å². The molecule has 2 saturated heterocycles. The molecule has 0 radical (unpaired) electrons. The molecule has 69 heavy (non-hydrogen) atoms. The SMILES string of the molecule is CNC(Cc1ccccc1)C(=O)N1CCCC[C@H]1C(=O)N[C@@H](Cc1c[nH]c2ccccc12)C(=O)N[C@@H](CCCNC(N)=O)C(=O)NC(CCCCNC(=O)CCCCCC1NC(=O)N[C@@H]1C)C(N)=O. The molecule has 3 aromatic rings. The average molecular weight is 957 g/mol. The number of para-hydroxylation sites is 1. The molecule has 20 heteroatoms. The monoisotopic (exact) mass is 957 g/mol. The second kappa shape index (κ2) is 27.3. The third-order valence-corrected chi connectivity index (χ3v) is 13.0. The van der Waals surface area contributed by atoms with Gasteiger partial charge in [-0.15, -0.1) is 0 Å². The van der Waals surface area contributed by atoms with Gasteiger partial charge in [-0.2, -0.15) is 0 Å². The summed E-state index contributed by atoms with van der Waals surface area (Å²) in [6.45, 7) is 2.78. The van der Waals surface area contributed by atoms with E-state index in [0.717, 1.165) is 41.3 Å². The minimum Gasteiger partial charge on any atom is -0.368 e. The molecule has 2 aromatic carbocycles. The fourth-order valence-electron chi connectivity index (χ4n) is 9.03. The Labute approximate surface area is 403 Å². The van der Waals surface area contributed by atoms with Gasteiger partial charge in [-0.1, -0.05) is 61.4 Å². The van der Waals surface area contributed by atoms with Crippen LogP contribution < -0.4 is 54.0 Å². The summed E-state index contributed by atoms with van der Waals surface area (Å²) < 4.78 is 0. The number of likely N-dealkylation sites (tertiary alicyclic amines) is 1. The number of unbranched alkanes of at least 4 members (excludes halogenated alkanes) is 3. The second-order valence-electron chi connectivity index (χ2n) is 18.1. The number of fused-ring (bicyclic) bond motifs is 1. The number of nitrogens with one attached hydrogen (secondary N) is 9. The van der Waals surface area contributed by atoms with Crippen molar-refractivity contribution in [2.45, 2.75) is 146 Å². The van der Waals surface area contributed by atoms with E-state index in [1.54, 1.807) is 18.1 Å². The van der Waals surface area contributed by atoms with E-state index < -0.39 is 59.9 Å². The van der Waals surface area contributed by atoms with Crippen LogP contribution in [0.3, 0.4) is 0 Å². The number of amides is 10. The first-order chi connectivity index (χ1) is 33.2. The lowest BCUT2D eigenvalue weighted by Crippen LogP contribution is -2.61. The van der Waals surface area contributed by atoms with Crippen LogP contribution >= 0.6 is 0 Å². The largest absolute Gasteiger partial charge is 0.368 e. The van der Waals surface area contributed by atoms with Crippen LogP contribution in [0.15, 0.2) is 60.8 Å². The Kier molecular flexibility index (Phi) is 21.1. The highest BCUT2D eigenvalue weighted by Gasteiger charge is 2.38. The Balaban J connectivity index is 1.22. The first-order valence-corrected chi connectivity index (χ1v) is 24.4. The van der Waals surface area contributed by atoms with Crippen molar-refractivity contribution in [3.63, 3.8) is 0 Å². The van der Waals surface area contributed by atoms with Crippen LogP contribution in [0.5, 0.6) is 0 Å². The van der Waals surface area contributed by atoms with Crippen LogP contribution in [-0.4, -0.2) is 126 Å². The molecule has 2 fully saturated rings. The number of hydrogen-bond acceptors (Lipinski definition) is 9. The van der Waals surface area contributed by atoms with E-state index in [1.807, 2.05) is 61.5 Å². The van der Waals surface area contributed by atoms with Crippen molar-refractivity contribution in [2.75, 3.05) is 26.7 Å². The number of piperidine rings is 1. The summed E-state index contributed by atoms with van der Waals surface area (Å²) >= 11 is 0. The van der Waals surface area contributed by atoms with Crippen molar-refractivity contribution >= 4 is 58.4 Å². The van der Waals surface area contributed by atoms with Gasteiger partial charge in [0.25, 0.3) is 0 Å². The predicted molar refractivity (Wildman–Crippen MR) is 261 cm³/mol. The van der Waals surface area contributed by atoms with E-state index in [0.29, 0.717) is 64.5 Å². The lowest BCUT2D eigenvalue weighted by atomic mass is 9.97. The fraction of sp³-hybridized carbons (Fsp3) is 0.551. The van der Waals surface area contributed by atoms with Gasteiger partial charge in [-0.05, 0) is 102 Å². The molecular weight excluding hydrogens is 885 g/mol. The number of aromatic nitrogens is 1. The summed E-state index contributed by atoms with van der Waals surface area (Å²) in [7, 11) is 1.71. The van der Waals surface area contributed by atoms with Crippen LogP contribution in [0.1, 0.15) is 102 Å². The number of likely N-dealkylation sites (N-methyl/N-ethyl adjacent to an activating group) is 1. The van der Waals surface area contributed by atoms with Crippen LogP contribution in [0.25, 0.3) is 10.9 Å². The summed E-state index contributed by atoms with van der Waals surface area (Å²) in [6.07, 6.45) is 9.02. The molecule has 7 atom stereocenters. The van der Waals surface area contributed by atoms with E-state index in [-0.39, 0.29) is 62.2 Å². The van der Waals surface area contributed by atoms with Crippen molar-refractivity contribution < 1.29 is 38.4 Å². The van der Waals surface area contributed by atoms with E-state index >= 15 is 0 Å². The van der Waals surface area contributed by atoms with Gasteiger partial charge in [0, 0.05) is 55.6 Å². The number of hydrogen-bond donors (Lipinski definition) is 11. The Bertz CT molecular complexity index is 2200. The number of primary amides is 2. The van der Waals surface area contributed by atoms with E-state index in [4.69, 9.17) is 11.5 Å². The van der Waals surface area contributed by atoms with E-state index in [9.17, 15) is 38.4 Å². The maximum Gasteiger partial charge on any atom is 0.315 e. The minimum atomic E-state index is -1.23. The van der Waals surface area contributed by atoms with Gasteiger partial charge in [0.15, 0.2) is 0 Å². The predicted octanol–water partition coefficient (Wildman–Crippen LogP) is 1.62. The molecule has 5 rings (SSSR count). The van der Waals surface area contributed by atoms with Gasteiger partial charge in [-0.3, -0.25) is 28.8 Å². The smallest absolute Gasteiger partial charge is 0.315 e. The first kappa shape index (κ1) is 53.3. The maximum atomic E-state index is 14.5. The van der Waals surface area contributed by atoms with Crippen molar-refractivity contribution in [1.82, 2.24) is 52.4 Å². The number of benzene rings is 2. The van der Waals surface area contributed by atoms with Crippen molar-refractivity contribution in [3.8, 4) is 0 Å². The van der Waals surface area contributed by atoms with Crippen LogP contribution in [-0.2, 0) is 41.6 Å². The van der Waals surface area contributed by atoms with Crippen molar-refractivity contribution in [3.05, 3.63) is 71.9 Å². The lowest BCUT2D eigenvalue weighted by Gasteiger charge is -2.37. The van der Waals surface area contributed by atoms with Crippen LogP contribution in [0, 0.1) is 0 Å². The molecule has 0 aliphatic carbocycles. The number of rotatable bonds is 28. The number of urea groups is 2. The third kappa shape index (κ3) is 16.8. The second-order valence-corrected chi connectivity index (χ2v) is 18.1. The number of nitrogens with zero attached hydrogens (tertiary/aromatic N) is 1. The molecule has 3 unspecified atom stereocenters. The molecule has 13 N–H and O–H groups in total. The summed E-state index contributed by atoms with van der Waals surface area (Å²) in [5.74, 6) is -2.98. The van der Waals surface area contributed by atoms with Gasteiger partial charge in [-0.25, -0.2) is 9.59 Å². The van der Waals surface area contributed by atoms with Gasteiger partial charge >= 0.3 is 12.1 Å². The van der Waals surface area contributed by atoms with Crippen LogP contribution in [0.2, 0.25) is 0 Å². The summed E-state index contributed by atoms with van der Waals surface area (Å²) in [5.41, 5.74) is 13.5. The van der Waals surface area contributed by atoms with E-state index in [2.05, 4.69) is 47.5 Å². The number of carbonyl (C=O) groups is 8. The highest BCUT2D eigenvalue weighted by Crippen LogP contribution is 2.22. The standard InChI is InChI=1S/C49H72N12O8/c1-31-35(60-49(69)56-31)19-7-4-8-24-42(62)53-25-13-11-21-37(43(50)63)57-44(64)38(22-15-26-54-48(51)68)58-45(65)39(29-33-30-55-36-20-10-9-18-34(33)36)59-46(66)41-23-12-14-27-61(41)47(67)40(52-2)28-32-16-5-3-6-17-32/h3,5-6,9-10,16-18,20,30-31,35,37-41,52,55H,4,7-8,11-15,19,21-29H2,1-2H3,(H2,50,63)(H,53,62)(H,57,64)(H,58,65)(H,59,66)(H3,51,54,68)(H2,56,60,69)/t31-,35?,37?,38+,39+,40?,41+/m1/s1. The number of aromatic amines is 1. The first-order valence-electron chi connectivity index (χ1n) is 24.4. The topological polar surface area (TPSA) is 304 Å². The highest BCUT2D eigenvalue weighted by atomic mass is 16.2. The zero-order chi connectivity index (χ0) is 49.7. The molecule has 0 bridgehead atoms. The molecule has 2 aliphatic heterocycles. The quantitative estimate of drug-likeness (QED) is 0.0471. The molecular formula is C49H72N12O8. The van der Waals surface area contributed by atoms with Gasteiger partial charge in [0.05, 0.1) is 12.1 Å². The molecule has 10 amide bonds. The lowest BCUT2D eigenvalue weighted by molar-refractivity contribution is -0.144. The summed E-state index contributed by atoms with van der Waals surface area (Å²) in [5, 5.41) is 23.5. The Morgan fingerprint density at radius 2 is 1.45 bits per heavy atom. The molecule has 376 valence electrons. The highest BCUT2D eigenvalue weighted by molar-refractivity contribution is 5.96. The van der Waals surface area contributed by atoms with E-state index in [1.165, 1.54) is 0 Å². The maximum absolute atomic E-state index is 14.5. The minimum absolute atomic E-state index is 0.0221. The molecule has 0 saturated carbocycles. The summed E-state index contributed by atoms with van der Waals surface area (Å²) in [4.78, 5) is 110. The molecule has 1 aromatic heterocycles. The molecule has 20 nitrogen and oxygen atoms in total. The normalized spacial score (nSPS) is 18.4. The zero-order valence-corrected chi connectivity index (χ0v) is 39.9. The van der Waals surface area contributed by atoms with Gasteiger partial charge in [0.1, 0.15) is 24.2 Å². The fourth-order valence-corrected chi connectivity index (χ4v) is 9.03. The number of H-pyrrole nitrogens is 1. The van der Waals surface area contributed by atoms with Crippen molar-refractivity contribution in [2.24, 2.45) is 11.5 Å². The Morgan fingerprint density at radius 3 is 2.17 bits per heavy atom. The zero-order valence-electron chi connectivity index (χ0n) is 39.9. The number of nitrogens with two attached hydrogens (primary N) is 2. The Hall–Kier alpha value is -6.70. The van der Waals surface area contributed by atoms with Gasteiger partial charge < -0.3 is 63.9 Å². The number of carbonyl (C=O) groups excluding carboxylic acids is 8.